The van der Waals surface area contributed by atoms with Crippen molar-refractivity contribution >= 4 is 5.91 Å². The molecule has 0 aliphatic heterocycles. The number of rotatable bonds is 6. The van der Waals surface area contributed by atoms with Crippen LogP contribution < -0.4 is 21.2 Å². The molecule has 0 spiro atoms. The molecule has 0 unspecified atom stereocenters. The fourth-order valence-corrected chi connectivity index (χ4v) is 2.38. The largest absolute Gasteiger partial charge is 0.497 e. The van der Waals surface area contributed by atoms with E-state index < -0.39 is 11.5 Å². The van der Waals surface area contributed by atoms with Gasteiger partial charge in [0.1, 0.15) is 11.4 Å². The normalized spacial score (nSPS) is 10.4. The van der Waals surface area contributed by atoms with Gasteiger partial charge in [-0.15, -0.1) is 0 Å². The summed E-state index contributed by atoms with van der Waals surface area (Å²) in [4.78, 5) is 41.3. The maximum Gasteiger partial charge on any atom is 0.270 e. The van der Waals surface area contributed by atoms with Gasteiger partial charge in [-0.1, -0.05) is 0 Å². The maximum atomic E-state index is 12.0. The molecule has 0 atom stereocenters. The highest BCUT2D eigenvalue weighted by Gasteiger charge is 2.08. The van der Waals surface area contributed by atoms with Gasteiger partial charge in [0.2, 0.25) is 0 Å². The number of carbonyl (C=O) groups excluding carboxylic acids is 1. The molecule has 9 nitrogen and oxygen atoms in total. The van der Waals surface area contributed by atoms with Gasteiger partial charge in [0.15, 0.2) is 0 Å². The first-order valence-corrected chi connectivity index (χ1v) is 8.12. The van der Waals surface area contributed by atoms with Crippen LogP contribution in [-0.4, -0.2) is 39.3 Å². The van der Waals surface area contributed by atoms with E-state index in [9.17, 15) is 14.4 Å². The Morgan fingerprint density at radius 2 is 1.96 bits per heavy atom. The number of benzene rings is 1. The monoisotopic (exact) mass is 367 g/mol. The van der Waals surface area contributed by atoms with Crippen molar-refractivity contribution in [2.24, 2.45) is 0 Å². The molecule has 2 N–H and O–H groups in total. The van der Waals surface area contributed by atoms with Gasteiger partial charge in [0, 0.05) is 24.2 Å². The molecule has 0 saturated heterocycles. The van der Waals surface area contributed by atoms with E-state index in [1.165, 1.54) is 10.7 Å². The fourth-order valence-electron chi connectivity index (χ4n) is 2.38. The minimum atomic E-state index is -0.500. The third-order valence-electron chi connectivity index (χ3n) is 3.77. The summed E-state index contributed by atoms with van der Waals surface area (Å²) < 4.78 is 6.39. The van der Waals surface area contributed by atoms with Crippen molar-refractivity contribution in [3.8, 4) is 17.0 Å². The van der Waals surface area contributed by atoms with E-state index in [0.717, 1.165) is 23.7 Å². The fraction of sp³-hybridized carbons (Fsp3) is 0.167. The van der Waals surface area contributed by atoms with E-state index in [4.69, 9.17) is 4.74 Å². The zero-order valence-electron chi connectivity index (χ0n) is 14.5. The highest BCUT2D eigenvalue weighted by Crippen LogP contribution is 2.19. The van der Waals surface area contributed by atoms with Crippen LogP contribution in [0.5, 0.6) is 5.75 Å². The number of aromatic amines is 1. The predicted octanol–water partition coefficient (Wildman–Crippen LogP) is 0.432. The van der Waals surface area contributed by atoms with Crippen molar-refractivity contribution in [1.29, 1.82) is 0 Å². The Balaban J connectivity index is 1.68. The number of nitrogens with zero attached hydrogens (tertiary/aromatic N) is 3. The van der Waals surface area contributed by atoms with Crippen LogP contribution in [0.3, 0.4) is 0 Å². The van der Waals surface area contributed by atoms with Gasteiger partial charge in [-0.25, -0.2) is 9.67 Å². The molecule has 1 amide bonds. The lowest BCUT2D eigenvalue weighted by atomic mass is 10.1. The highest BCUT2D eigenvalue weighted by molar-refractivity contribution is 5.91. The number of methoxy groups -OCH3 is 1. The average Bonchev–Trinajstić information content (AvgIpc) is 2.69. The summed E-state index contributed by atoms with van der Waals surface area (Å²) in [6.07, 6.45) is 1.15. The van der Waals surface area contributed by atoms with Crippen molar-refractivity contribution < 1.29 is 9.53 Å². The quantitative estimate of drug-likeness (QED) is 0.652. The van der Waals surface area contributed by atoms with Crippen LogP contribution in [0, 0.1) is 0 Å². The smallest absolute Gasteiger partial charge is 0.270 e. The Bertz CT molecular complexity index is 1060. The van der Waals surface area contributed by atoms with Crippen molar-refractivity contribution in [3.05, 3.63) is 75.2 Å². The highest BCUT2D eigenvalue weighted by atomic mass is 16.5. The molecule has 1 aromatic carbocycles. The van der Waals surface area contributed by atoms with Crippen LogP contribution in [0.4, 0.5) is 0 Å². The van der Waals surface area contributed by atoms with Crippen LogP contribution >= 0.6 is 0 Å². The van der Waals surface area contributed by atoms with E-state index in [0.29, 0.717) is 5.69 Å². The lowest BCUT2D eigenvalue weighted by Crippen LogP contribution is -2.32. The second-order valence-electron chi connectivity index (χ2n) is 5.56. The first-order valence-electron chi connectivity index (χ1n) is 8.12. The molecule has 3 aromatic rings. The Kier molecular flexibility index (Phi) is 5.41. The van der Waals surface area contributed by atoms with Crippen molar-refractivity contribution in [3.63, 3.8) is 0 Å². The Labute approximate surface area is 153 Å². The van der Waals surface area contributed by atoms with E-state index in [1.807, 2.05) is 12.1 Å². The van der Waals surface area contributed by atoms with Crippen LogP contribution in [0.15, 0.2) is 58.4 Å². The molecular weight excluding hydrogens is 350 g/mol. The third-order valence-corrected chi connectivity index (χ3v) is 3.77. The standard InChI is InChI=1S/C18H17N5O4/c1-27-13-4-2-12(3-5-13)14-6-7-17(25)23(22-14)9-8-19-18(26)15-10-16(24)21-11-20-15/h2-7,10-11H,8-9H2,1H3,(H,19,26)(H,20,21,24). The summed E-state index contributed by atoms with van der Waals surface area (Å²) in [6, 6.07) is 11.5. The molecule has 0 fully saturated rings. The molecular formula is C18H17N5O4. The Morgan fingerprint density at radius 3 is 2.67 bits per heavy atom. The van der Waals surface area contributed by atoms with Crippen LogP contribution in [-0.2, 0) is 6.54 Å². The molecule has 27 heavy (non-hydrogen) atoms. The average molecular weight is 367 g/mol. The third kappa shape index (κ3) is 4.46. The Hall–Kier alpha value is -3.75. The summed E-state index contributed by atoms with van der Waals surface area (Å²) in [7, 11) is 1.59. The first-order chi connectivity index (χ1) is 13.1. The molecule has 9 heteroatoms. The molecule has 2 aromatic heterocycles. The van der Waals surface area contributed by atoms with E-state index >= 15 is 0 Å². The minimum Gasteiger partial charge on any atom is -0.497 e. The summed E-state index contributed by atoms with van der Waals surface area (Å²) in [5, 5.41) is 6.93. The van der Waals surface area contributed by atoms with Crippen LogP contribution in [0.2, 0.25) is 0 Å². The summed E-state index contributed by atoms with van der Waals surface area (Å²) >= 11 is 0. The predicted molar refractivity (Wildman–Crippen MR) is 97.7 cm³/mol. The van der Waals surface area contributed by atoms with Gasteiger partial charge in [0.25, 0.3) is 17.0 Å². The molecule has 0 aliphatic rings. The number of nitrogens with one attached hydrogen (secondary N) is 2. The van der Waals surface area contributed by atoms with Gasteiger partial charge in [-0.05, 0) is 30.3 Å². The SMILES string of the molecule is COc1ccc(-c2ccc(=O)n(CCNC(=O)c3cc(=O)[nH]cn3)n2)cc1. The zero-order chi connectivity index (χ0) is 19.2. The van der Waals surface area contributed by atoms with Crippen LogP contribution in [0.25, 0.3) is 11.3 Å². The van der Waals surface area contributed by atoms with E-state index in [2.05, 4.69) is 20.4 Å². The summed E-state index contributed by atoms with van der Waals surface area (Å²) in [5.41, 5.74) is 0.767. The topological polar surface area (TPSA) is 119 Å². The van der Waals surface area contributed by atoms with Gasteiger partial charge < -0.3 is 15.0 Å². The lowest BCUT2D eigenvalue weighted by Gasteiger charge is -2.09. The Morgan fingerprint density at radius 1 is 1.19 bits per heavy atom. The molecule has 0 bridgehead atoms. The van der Waals surface area contributed by atoms with Crippen molar-refractivity contribution in [2.75, 3.05) is 13.7 Å². The number of carbonyl (C=O) groups is 1. The van der Waals surface area contributed by atoms with E-state index in [-0.39, 0.29) is 24.3 Å². The first kappa shape index (κ1) is 18.1. The van der Waals surface area contributed by atoms with E-state index in [1.54, 1.807) is 25.3 Å². The van der Waals surface area contributed by atoms with Crippen molar-refractivity contribution in [2.45, 2.75) is 6.54 Å². The summed E-state index contributed by atoms with van der Waals surface area (Å²) in [6.45, 7) is 0.337. The lowest BCUT2D eigenvalue weighted by molar-refractivity contribution is 0.0946. The minimum absolute atomic E-state index is 0.00559. The second kappa shape index (κ2) is 8.09. The van der Waals surface area contributed by atoms with Crippen LogP contribution in [0.1, 0.15) is 10.5 Å². The zero-order valence-corrected chi connectivity index (χ0v) is 14.5. The number of hydrogen-bond donors (Lipinski definition) is 2. The number of amides is 1. The number of hydrogen-bond acceptors (Lipinski definition) is 6. The van der Waals surface area contributed by atoms with Gasteiger partial charge in [0.05, 0.1) is 25.7 Å². The maximum absolute atomic E-state index is 12.0. The molecule has 138 valence electrons. The molecule has 0 radical (unpaired) electrons. The number of H-pyrrole nitrogens is 1. The molecule has 0 aliphatic carbocycles. The number of ether oxygens (including phenoxy) is 1. The second-order valence-corrected chi connectivity index (χ2v) is 5.56. The van der Waals surface area contributed by atoms with Crippen molar-refractivity contribution in [1.82, 2.24) is 25.1 Å². The summed E-state index contributed by atoms with van der Waals surface area (Å²) in [5.74, 6) is 0.226. The van der Waals surface area contributed by atoms with Gasteiger partial charge in [-0.3, -0.25) is 14.4 Å². The molecule has 3 rings (SSSR count). The number of aromatic nitrogens is 4. The molecule has 0 saturated carbocycles. The molecule has 2 heterocycles. The van der Waals surface area contributed by atoms with Gasteiger partial charge in [-0.2, -0.15) is 5.10 Å². The van der Waals surface area contributed by atoms with Gasteiger partial charge >= 0.3 is 0 Å².